The number of hydrogen-bond donors (Lipinski definition) is 0. The minimum absolute atomic E-state index is 1.06. The van der Waals surface area contributed by atoms with Gasteiger partial charge in [0.05, 0.1) is 0 Å². The molecule has 2 saturated carbocycles. The Morgan fingerprint density at radius 2 is 1.39 bits per heavy atom. The van der Waals surface area contributed by atoms with Crippen molar-refractivity contribution in [2.24, 2.45) is 17.8 Å². The van der Waals surface area contributed by atoms with E-state index >= 15 is 0 Å². The molecule has 0 aliphatic heterocycles. The van der Waals surface area contributed by atoms with E-state index in [0.717, 1.165) is 17.8 Å². The summed E-state index contributed by atoms with van der Waals surface area (Å²) < 4.78 is 0. The Kier molecular flexibility index (Phi) is 8.80. The van der Waals surface area contributed by atoms with Crippen LogP contribution in [0.1, 0.15) is 97.8 Å². The third kappa shape index (κ3) is 6.25. The summed E-state index contributed by atoms with van der Waals surface area (Å²) in [6.07, 6.45) is 17.8. The van der Waals surface area contributed by atoms with E-state index in [4.69, 9.17) is 0 Å². The van der Waals surface area contributed by atoms with Gasteiger partial charge in [-0.2, -0.15) is 0 Å². The van der Waals surface area contributed by atoms with Crippen molar-refractivity contribution in [2.45, 2.75) is 97.8 Å². The Morgan fingerprint density at radius 3 is 1.78 bits per heavy atom. The first-order valence-electron chi connectivity index (χ1n) is 8.77. The van der Waals surface area contributed by atoms with Crippen LogP contribution in [0, 0.1) is 17.8 Å². The van der Waals surface area contributed by atoms with Gasteiger partial charge in [-0.3, -0.25) is 0 Å². The van der Waals surface area contributed by atoms with Crippen molar-refractivity contribution in [1.82, 2.24) is 0 Å². The molecule has 2 atom stereocenters. The molecule has 0 heteroatoms. The minimum Gasteiger partial charge on any atom is -0.0654 e. The maximum Gasteiger partial charge on any atom is -0.0386 e. The van der Waals surface area contributed by atoms with Gasteiger partial charge in [-0.05, 0) is 30.6 Å². The largest absolute Gasteiger partial charge is 0.0654 e. The fourth-order valence-electron chi connectivity index (χ4n) is 3.44. The van der Waals surface area contributed by atoms with Gasteiger partial charge in [0.1, 0.15) is 0 Å². The summed E-state index contributed by atoms with van der Waals surface area (Å²) in [5, 5.41) is 0. The van der Waals surface area contributed by atoms with Gasteiger partial charge in [-0.15, -0.1) is 0 Å². The van der Waals surface area contributed by atoms with E-state index in [1.165, 1.54) is 57.8 Å². The van der Waals surface area contributed by atoms with Crippen LogP contribution in [0.3, 0.4) is 0 Å². The highest BCUT2D eigenvalue weighted by atomic mass is 14.3. The molecule has 2 unspecified atom stereocenters. The van der Waals surface area contributed by atoms with Gasteiger partial charge in [0, 0.05) is 0 Å². The maximum absolute atomic E-state index is 2.44. The molecule has 0 saturated heterocycles. The fourth-order valence-corrected chi connectivity index (χ4v) is 3.44. The summed E-state index contributed by atoms with van der Waals surface area (Å²) >= 11 is 0. The van der Waals surface area contributed by atoms with Crippen LogP contribution in [0.5, 0.6) is 0 Å². The minimum atomic E-state index is 1.06. The third-order valence-corrected chi connectivity index (χ3v) is 5.12. The van der Waals surface area contributed by atoms with Crippen LogP contribution in [-0.4, -0.2) is 0 Å². The zero-order chi connectivity index (χ0) is 13.2. The first-order chi connectivity index (χ1) is 8.77. The molecule has 0 heterocycles. The fraction of sp³-hybridized carbons (Fsp3) is 1.00. The van der Waals surface area contributed by atoms with Gasteiger partial charge < -0.3 is 0 Å². The molecule has 2 aliphatic rings. The average Bonchev–Trinajstić information content (AvgIpc) is 2.43. The molecule has 0 radical (unpaired) electrons. The Morgan fingerprint density at radius 1 is 0.778 bits per heavy atom. The van der Waals surface area contributed by atoms with Crippen molar-refractivity contribution in [3.63, 3.8) is 0 Å². The van der Waals surface area contributed by atoms with Crippen LogP contribution in [-0.2, 0) is 0 Å². The summed E-state index contributed by atoms with van der Waals surface area (Å²) in [7, 11) is 0. The number of hydrogen-bond acceptors (Lipinski definition) is 0. The van der Waals surface area contributed by atoms with Crippen LogP contribution >= 0.6 is 0 Å². The molecule has 0 bridgehead atoms. The molecular weight excluding hydrogens is 216 g/mol. The monoisotopic (exact) mass is 252 g/mol. The molecule has 0 aromatic carbocycles. The average molecular weight is 252 g/mol. The van der Waals surface area contributed by atoms with E-state index in [1.807, 2.05) is 0 Å². The second kappa shape index (κ2) is 9.87. The molecule has 2 fully saturated rings. The molecule has 0 nitrogen and oxygen atoms in total. The van der Waals surface area contributed by atoms with E-state index < -0.39 is 0 Å². The molecule has 2 aliphatic carbocycles. The van der Waals surface area contributed by atoms with Gasteiger partial charge in [-0.25, -0.2) is 0 Å². The van der Waals surface area contributed by atoms with Gasteiger partial charge >= 0.3 is 0 Å². The van der Waals surface area contributed by atoms with E-state index in [2.05, 4.69) is 20.8 Å². The molecule has 0 N–H and O–H groups in total. The van der Waals surface area contributed by atoms with Gasteiger partial charge in [0.2, 0.25) is 0 Å². The lowest BCUT2D eigenvalue weighted by molar-refractivity contribution is 0.142. The smallest absolute Gasteiger partial charge is 0.0386 e. The first kappa shape index (κ1) is 16.1. The standard InChI is InChI=1S/C12H22.C6H14/c1-10-7-8-12(10)9-11-5-3-2-4-6-11;1-3-5-6-4-2/h10-12H,2-9H2,1H3;3-6H2,1-2H3. The highest BCUT2D eigenvalue weighted by Gasteiger charge is 2.29. The summed E-state index contributed by atoms with van der Waals surface area (Å²) in [6.45, 7) is 6.91. The van der Waals surface area contributed by atoms with Crippen molar-refractivity contribution in [3.8, 4) is 0 Å². The van der Waals surface area contributed by atoms with Crippen LogP contribution in [0.4, 0.5) is 0 Å². The van der Waals surface area contributed by atoms with E-state index in [-0.39, 0.29) is 0 Å². The SMILES string of the molecule is CC1CCC1CC1CCCCC1.CCCCCC. The lowest BCUT2D eigenvalue weighted by Crippen LogP contribution is -2.26. The second-order valence-corrected chi connectivity index (χ2v) is 6.76. The molecule has 0 aromatic heterocycles. The Labute approximate surface area is 116 Å². The molecule has 2 rings (SSSR count). The zero-order valence-electron chi connectivity index (χ0n) is 13.2. The molecule has 108 valence electrons. The van der Waals surface area contributed by atoms with Crippen molar-refractivity contribution in [2.75, 3.05) is 0 Å². The first-order valence-corrected chi connectivity index (χ1v) is 8.77. The van der Waals surface area contributed by atoms with Crippen LogP contribution < -0.4 is 0 Å². The Bertz CT molecular complexity index is 174. The lowest BCUT2D eigenvalue weighted by atomic mass is 9.69. The van der Waals surface area contributed by atoms with Crippen molar-refractivity contribution in [1.29, 1.82) is 0 Å². The molecular formula is C18H36. The van der Waals surface area contributed by atoms with Gasteiger partial charge in [0.25, 0.3) is 0 Å². The summed E-state index contributed by atoms with van der Waals surface area (Å²) in [5.74, 6) is 3.30. The maximum atomic E-state index is 2.44. The van der Waals surface area contributed by atoms with Crippen molar-refractivity contribution < 1.29 is 0 Å². The zero-order valence-corrected chi connectivity index (χ0v) is 13.2. The Balaban J connectivity index is 0.000000232. The normalized spacial score (nSPS) is 28.2. The molecule has 0 aromatic rings. The van der Waals surface area contributed by atoms with Gasteiger partial charge in [0.15, 0.2) is 0 Å². The molecule has 0 spiro atoms. The number of rotatable bonds is 5. The summed E-state index contributed by atoms with van der Waals surface area (Å²) in [4.78, 5) is 0. The van der Waals surface area contributed by atoms with Gasteiger partial charge in [-0.1, -0.05) is 85.0 Å². The predicted octanol–water partition coefficient (Wildman–Crippen LogP) is 6.59. The third-order valence-electron chi connectivity index (χ3n) is 5.12. The Hall–Kier alpha value is 0. The number of unbranched alkanes of at least 4 members (excludes halogenated alkanes) is 3. The highest BCUT2D eigenvalue weighted by molar-refractivity contribution is 4.80. The van der Waals surface area contributed by atoms with Crippen molar-refractivity contribution >= 4 is 0 Å². The van der Waals surface area contributed by atoms with E-state index in [1.54, 1.807) is 19.3 Å². The van der Waals surface area contributed by atoms with Crippen molar-refractivity contribution in [3.05, 3.63) is 0 Å². The van der Waals surface area contributed by atoms with Crippen LogP contribution in [0.15, 0.2) is 0 Å². The summed E-state index contributed by atoms with van der Waals surface area (Å²) in [5.41, 5.74) is 0. The second-order valence-electron chi connectivity index (χ2n) is 6.76. The van der Waals surface area contributed by atoms with Crippen LogP contribution in [0.25, 0.3) is 0 Å². The topological polar surface area (TPSA) is 0 Å². The molecule has 18 heavy (non-hydrogen) atoms. The summed E-state index contributed by atoms with van der Waals surface area (Å²) in [6, 6.07) is 0. The highest BCUT2D eigenvalue weighted by Crippen LogP contribution is 2.41. The van der Waals surface area contributed by atoms with E-state index in [9.17, 15) is 0 Å². The van der Waals surface area contributed by atoms with E-state index in [0.29, 0.717) is 0 Å². The molecule has 0 amide bonds. The predicted molar refractivity (Wildman–Crippen MR) is 82.9 cm³/mol. The van der Waals surface area contributed by atoms with Crippen LogP contribution in [0.2, 0.25) is 0 Å². The quantitative estimate of drug-likeness (QED) is 0.484. The lowest BCUT2D eigenvalue weighted by Gasteiger charge is -2.37.